The summed E-state index contributed by atoms with van der Waals surface area (Å²) in [6.07, 6.45) is 3.49. The van der Waals surface area contributed by atoms with E-state index in [0.29, 0.717) is 5.89 Å². The average molecular weight is 277 g/mol. The molecule has 2 aromatic heterocycles. The minimum Gasteiger partial charge on any atom is -0.361 e. The second kappa shape index (κ2) is 5.04. The Morgan fingerprint density at radius 2 is 1.80 bits per heavy atom. The van der Waals surface area contributed by atoms with E-state index >= 15 is 0 Å². The van der Waals surface area contributed by atoms with Gasteiger partial charge in [-0.25, -0.2) is 0 Å². The quantitative estimate of drug-likeness (QED) is 0.854. The van der Waals surface area contributed by atoms with Crippen molar-refractivity contribution in [1.29, 1.82) is 0 Å². The molecule has 5 nitrogen and oxygen atoms in total. The van der Waals surface area contributed by atoms with Crippen molar-refractivity contribution in [3.63, 3.8) is 0 Å². The molecule has 0 unspecified atom stereocenters. The molecule has 0 atom stereocenters. The molecule has 2 rings (SSSR count). The maximum absolute atomic E-state index is 5.32. The normalized spacial score (nSPS) is 12.9. The van der Waals surface area contributed by atoms with Crippen molar-refractivity contribution in [1.82, 2.24) is 15.3 Å². The number of aryl methyl sites for hydroxylation is 2. The Bertz CT molecular complexity index is 576. The zero-order valence-corrected chi connectivity index (χ0v) is 13.1. The summed E-state index contributed by atoms with van der Waals surface area (Å²) < 4.78 is 10.5. The van der Waals surface area contributed by atoms with Gasteiger partial charge in [0.25, 0.3) is 0 Å². The molecule has 20 heavy (non-hydrogen) atoms. The lowest BCUT2D eigenvalue weighted by atomic mass is 9.81. The number of hydrogen-bond donors (Lipinski definition) is 0. The molecule has 0 aliphatic heterocycles. The summed E-state index contributed by atoms with van der Waals surface area (Å²) in [6, 6.07) is 0. The molecule has 0 amide bonds. The van der Waals surface area contributed by atoms with E-state index in [1.54, 1.807) is 6.20 Å². The highest BCUT2D eigenvalue weighted by molar-refractivity contribution is 5.22. The molecular formula is C15H23N3O2. The number of hydrogen-bond acceptors (Lipinski definition) is 5. The largest absolute Gasteiger partial charge is 0.361 e. The molecule has 0 bridgehead atoms. The molecule has 0 fully saturated rings. The Hall–Kier alpha value is -1.65. The van der Waals surface area contributed by atoms with Crippen molar-refractivity contribution in [2.24, 2.45) is 0 Å². The molecule has 0 aliphatic carbocycles. The van der Waals surface area contributed by atoms with E-state index in [1.807, 2.05) is 6.92 Å². The summed E-state index contributed by atoms with van der Waals surface area (Å²) in [6.45, 7) is 12.5. The topological polar surface area (TPSA) is 65.0 Å². The molecule has 0 spiro atoms. The van der Waals surface area contributed by atoms with Gasteiger partial charge in [0.05, 0.1) is 6.20 Å². The van der Waals surface area contributed by atoms with E-state index in [0.717, 1.165) is 30.0 Å². The first kappa shape index (κ1) is 14.8. The van der Waals surface area contributed by atoms with Crippen LogP contribution in [0.2, 0.25) is 0 Å². The standard InChI is InChI=1S/C15H23N3O2/c1-10-11(9-16-19-10)15(5,6)8-7-12-17-13(20-18-12)14(2,3)4/h9H,7-8H2,1-6H3. The van der Waals surface area contributed by atoms with Gasteiger partial charge in [-0.1, -0.05) is 44.9 Å². The van der Waals surface area contributed by atoms with Crippen LogP contribution in [0.3, 0.4) is 0 Å². The summed E-state index contributed by atoms with van der Waals surface area (Å²) in [5, 5.41) is 7.92. The first-order valence-electron chi connectivity index (χ1n) is 6.95. The third kappa shape index (κ3) is 3.08. The van der Waals surface area contributed by atoms with Gasteiger partial charge in [0.15, 0.2) is 5.82 Å². The molecule has 2 heterocycles. The highest BCUT2D eigenvalue weighted by atomic mass is 16.5. The third-order valence-electron chi connectivity index (χ3n) is 3.56. The maximum Gasteiger partial charge on any atom is 0.232 e. The van der Waals surface area contributed by atoms with Crippen molar-refractivity contribution in [2.45, 2.75) is 65.2 Å². The number of nitrogens with zero attached hydrogens (tertiary/aromatic N) is 3. The molecular weight excluding hydrogens is 254 g/mol. The predicted molar refractivity (Wildman–Crippen MR) is 75.6 cm³/mol. The smallest absolute Gasteiger partial charge is 0.232 e. The summed E-state index contributed by atoms with van der Waals surface area (Å²) in [5.74, 6) is 2.32. The summed E-state index contributed by atoms with van der Waals surface area (Å²) in [5.41, 5.74) is 1.01. The van der Waals surface area contributed by atoms with Gasteiger partial charge in [-0.3, -0.25) is 0 Å². The summed E-state index contributed by atoms with van der Waals surface area (Å²) in [4.78, 5) is 4.47. The van der Waals surface area contributed by atoms with Crippen molar-refractivity contribution < 1.29 is 9.05 Å². The van der Waals surface area contributed by atoms with Gasteiger partial charge in [0.1, 0.15) is 5.76 Å². The first-order chi connectivity index (χ1) is 9.20. The highest BCUT2D eigenvalue weighted by Gasteiger charge is 2.27. The second-order valence-corrected chi connectivity index (χ2v) is 6.95. The van der Waals surface area contributed by atoms with Gasteiger partial charge >= 0.3 is 0 Å². The van der Waals surface area contributed by atoms with Crippen molar-refractivity contribution in [3.8, 4) is 0 Å². The lowest BCUT2D eigenvalue weighted by molar-refractivity contribution is 0.317. The minimum absolute atomic E-state index is 0.0212. The Balaban J connectivity index is 2.05. The maximum atomic E-state index is 5.32. The van der Waals surface area contributed by atoms with Crippen LogP contribution in [0.1, 0.15) is 64.1 Å². The van der Waals surface area contributed by atoms with Crippen LogP contribution in [-0.4, -0.2) is 15.3 Å². The van der Waals surface area contributed by atoms with Gasteiger partial charge in [-0.2, -0.15) is 4.98 Å². The molecule has 110 valence electrons. The highest BCUT2D eigenvalue weighted by Crippen LogP contribution is 2.30. The van der Waals surface area contributed by atoms with E-state index in [-0.39, 0.29) is 10.8 Å². The molecule has 0 aromatic carbocycles. The van der Waals surface area contributed by atoms with Gasteiger partial charge < -0.3 is 9.05 Å². The van der Waals surface area contributed by atoms with Gasteiger partial charge in [0.2, 0.25) is 5.89 Å². The zero-order chi connectivity index (χ0) is 15.0. The fourth-order valence-corrected chi connectivity index (χ4v) is 2.17. The van der Waals surface area contributed by atoms with E-state index < -0.39 is 0 Å². The van der Waals surface area contributed by atoms with E-state index in [1.165, 1.54) is 0 Å². The second-order valence-electron chi connectivity index (χ2n) is 6.95. The van der Waals surface area contributed by atoms with Crippen LogP contribution < -0.4 is 0 Å². The Morgan fingerprint density at radius 1 is 1.10 bits per heavy atom. The predicted octanol–water partition coefficient (Wildman–Crippen LogP) is 3.57. The third-order valence-corrected chi connectivity index (χ3v) is 3.56. The van der Waals surface area contributed by atoms with Crippen LogP contribution >= 0.6 is 0 Å². The molecule has 0 aliphatic rings. The molecule has 0 N–H and O–H groups in total. The average Bonchev–Trinajstić information content (AvgIpc) is 2.94. The molecule has 0 saturated heterocycles. The van der Waals surface area contributed by atoms with E-state index in [4.69, 9.17) is 9.05 Å². The van der Waals surface area contributed by atoms with Gasteiger partial charge in [-0.15, -0.1) is 0 Å². The van der Waals surface area contributed by atoms with E-state index in [2.05, 4.69) is 49.9 Å². The van der Waals surface area contributed by atoms with Crippen molar-refractivity contribution in [3.05, 3.63) is 29.2 Å². The van der Waals surface area contributed by atoms with Crippen LogP contribution in [0.25, 0.3) is 0 Å². The van der Waals surface area contributed by atoms with Crippen LogP contribution in [0.5, 0.6) is 0 Å². The zero-order valence-electron chi connectivity index (χ0n) is 13.1. The van der Waals surface area contributed by atoms with Crippen LogP contribution in [0.4, 0.5) is 0 Å². The van der Waals surface area contributed by atoms with Crippen LogP contribution in [0.15, 0.2) is 15.2 Å². The number of aromatic nitrogens is 3. The lowest BCUT2D eigenvalue weighted by Crippen LogP contribution is -2.19. The monoisotopic (exact) mass is 277 g/mol. The van der Waals surface area contributed by atoms with Gasteiger partial charge in [-0.05, 0) is 18.8 Å². The summed E-state index contributed by atoms with van der Waals surface area (Å²) >= 11 is 0. The Morgan fingerprint density at radius 3 is 2.30 bits per heavy atom. The Labute approximate surface area is 119 Å². The number of rotatable bonds is 4. The van der Waals surface area contributed by atoms with Crippen LogP contribution in [0, 0.1) is 6.92 Å². The van der Waals surface area contributed by atoms with E-state index in [9.17, 15) is 0 Å². The summed E-state index contributed by atoms with van der Waals surface area (Å²) in [7, 11) is 0. The van der Waals surface area contributed by atoms with Crippen molar-refractivity contribution >= 4 is 0 Å². The van der Waals surface area contributed by atoms with Crippen molar-refractivity contribution in [2.75, 3.05) is 0 Å². The minimum atomic E-state index is -0.105. The van der Waals surface area contributed by atoms with Gasteiger partial charge in [0, 0.05) is 17.4 Å². The molecule has 0 saturated carbocycles. The SMILES string of the molecule is Cc1oncc1C(C)(C)CCc1noc(C(C)(C)C)n1. The fourth-order valence-electron chi connectivity index (χ4n) is 2.17. The fraction of sp³-hybridized carbons (Fsp3) is 0.667. The Kier molecular flexibility index (Phi) is 3.71. The first-order valence-corrected chi connectivity index (χ1v) is 6.95. The lowest BCUT2D eigenvalue weighted by Gasteiger charge is -2.22. The molecule has 2 aromatic rings. The molecule has 5 heteroatoms. The van der Waals surface area contributed by atoms with Crippen LogP contribution in [-0.2, 0) is 17.3 Å². The molecule has 0 radical (unpaired) electrons.